The van der Waals surface area contributed by atoms with Gasteiger partial charge in [0.25, 0.3) is 0 Å². The summed E-state index contributed by atoms with van der Waals surface area (Å²) in [6.07, 6.45) is -4.82. The molecule has 1 radical (unpaired) electrons. The van der Waals surface area contributed by atoms with Crippen LogP contribution in [0, 0.1) is 0 Å². The molecule has 24 heavy (non-hydrogen) atoms. The topological polar surface area (TPSA) is 18.5 Å². The van der Waals surface area contributed by atoms with Crippen molar-refractivity contribution in [2.45, 2.75) is 36.7 Å². The first kappa shape index (κ1) is 19.3. The maximum absolute atomic E-state index is 12.3. The van der Waals surface area contributed by atoms with Gasteiger partial charge in [-0.3, -0.25) is 0 Å². The molecule has 2 rings (SSSR count). The third-order valence-electron chi connectivity index (χ3n) is 3.33. The minimum atomic E-state index is -4.12. The minimum absolute atomic E-state index is 0.0713. The Bertz CT molecular complexity index is 532. The summed E-state index contributed by atoms with van der Waals surface area (Å²) in [5.41, 5.74) is 2.02. The predicted octanol–water partition coefficient (Wildman–Crippen LogP) is 5.25. The van der Waals surface area contributed by atoms with Gasteiger partial charge in [0.1, 0.15) is 0 Å². The summed E-state index contributed by atoms with van der Waals surface area (Å²) in [5.74, 6) is 0. The average molecular weight is 444 g/mol. The Balaban J connectivity index is 1.85. The normalized spacial score (nSPS) is 11.8. The fourth-order valence-electron chi connectivity index (χ4n) is 2.10. The van der Waals surface area contributed by atoms with Gasteiger partial charge in [0.05, 0.1) is 0 Å². The van der Waals surface area contributed by atoms with Gasteiger partial charge >= 0.3 is 148 Å². The van der Waals surface area contributed by atoms with Gasteiger partial charge < -0.3 is 0 Å². The van der Waals surface area contributed by atoms with Crippen LogP contribution in [0.2, 0.25) is 4.44 Å². The molecule has 2 aromatic rings. The summed E-state index contributed by atoms with van der Waals surface area (Å²) in [6, 6.07) is 19.2. The SMILES string of the molecule is FC(F)(F)CC[CH2][Sn]([O]Cc1ccccc1)[O]Cc1ccccc1. The molecule has 0 aliphatic heterocycles. The van der Waals surface area contributed by atoms with Gasteiger partial charge in [0.2, 0.25) is 0 Å². The van der Waals surface area contributed by atoms with Crippen LogP contribution in [0.5, 0.6) is 0 Å². The van der Waals surface area contributed by atoms with Crippen molar-refractivity contribution in [3.05, 3.63) is 71.8 Å². The van der Waals surface area contributed by atoms with Crippen molar-refractivity contribution in [2.24, 2.45) is 0 Å². The molecule has 0 saturated carbocycles. The molecule has 2 aromatic carbocycles. The van der Waals surface area contributed by atoms with E-state index >= 15 is 0 Å². The van der Waals surface area contributed by atoms with E-state index in [-0.39, 0.29) is 6.42 Å². The van der Waals surface area contributed by atoms with Gasteiger partial charge in [-0.25, -0.2) is 0 Å². The van der Waals surface area contributed by atoms with Crippen LogP contribution in [-0.2, 0) is 19.4 Å². The fraction of sp³-hybridized carbons (Fsp3) is 0.333. The molecule has 2 nitrogen and oxygen atoms in total. The van der Waals surface area contributed by atoms with Crippen LogP contribution >= 0.6 is 0 Å². The van der Waals surface area contributed by atoms with Gasteiger partial charge in [0.15, 0.2) is 0 Å². The Morgan fingerprint density at radius 2 is 1.21 bits per heavy atom. The molecule has 0 aliphatic carbocycles. The zero-order valence-corrected chi connectivity index (χ0v) is 16.1. The molecule has 0 heterocycles. The third-order valence-corrected chi connectivity index (χ3v) is 8.16. The molecule has 0 amide bonds. The van der Waals surface area contributed by atoms with Crippen molar-refractivity contribution < 1.29 is 19.3 Å². The number of halogens is 3. The Hall–Kier alpha value is -1.05. The van der Waals surface area contributed by atoms with Gasteiger partial charge in [-0.1, -0.05) is 0 Å². The molecule has 0 atom stereocenters. The zero-order chi connectivity index (χ0) is 17.3. The molecule has 0 saturated heterocycles. The van der Waals surface area contributed by atoms with E-state index < -0.39 is 33.2 Å². The maximum atomic E-state index is 12.3. The van der Waals surface area contributed by atoms with Crippen LogP contribution in [0.4, 0.5) is 13.2 Å². The molecule has 0 unspecified atom stereocenters. The van der Waals surface area contributed by atoms with Crippen molar-refractivity contribution in [1.82, 2.24) is 0 Å². The number of hydrogen-bond acceptors (Lipinski definition) is 2. The molecule has 6 heteroatoms. The van der Waals surface area contributed by atoms with Gasteiger partial charge in [0, 0.05) is 0 Å². The van der Waals surface area contributed by atoms with Crippen LogP contribution in [0.15, 0.2) is 60.7 Å². The summed E-state index contributed by atoms with van der Waals surface area (Å²) in [7, 11) is 0. The molecule has 129 valence electrons. The molecule has 0 fully saturated rings. The van der Waals surface area contributed by atoms with Crippen molar-refractivity contribution in [2.75, 3.05) is 0 Å². The van der Waals surface area contributed by atoms with Crippen molar-refractivity contribution in [1.29, 1.82) is 0 Å². The van der Waals surface area contributed by atoms with E-state index in [4.69, 9.17) is 6.15 Å². The van der Waals surface area contributed by atoms with Crippen LogP contribution in [0.3, 0.4) is 0 Å². The quantitative estimate of drug-likeness (QED) is 0.493. The number of rotatable bonds is 9. The molecule has 0 N–H and O–H groups in total. The van der Waals surface area contributed by atoms with Crippen LogP contribution in [0.25, 0.3) is 0 Å². The van der Waals surface area contributed by atoms with E-state index in [1.165, 1.54) is 0 Å². The Labute approximate surface area is 148 Å². The van der Waals surface area contributed by atoms with Gasteiger partial charge in [-0.2, -0.15) is 0 Å². The monoisotopic (exact) mass is 445 g/mol. The second-order valence-corrected chi connectivity index (χ2v) is 10.6. The summed E-state index contributed by atoms with van der Waals surface area (Å²) in [4.78, 5) is 0. The number of hydrogen-bond donors (Lipinski definition) is 0. The van der Waals surface area contributed by atoms with E-state index in [0.29, 0.717) is 17.7 Å². The summed E-state index contributed by atoms with van der Waals surface area (Å²) < 4.78 is 49.2. The van der Waals surface area contributed by atoms with Crippen molar-refractivity contribution in [3.8, 4) is 0 Å². The van der Waals surface area contributed by atoms with Gasteiger partial charge in [-0.15, -0.1) is 0 Å². The molecule has 0 aromatic heterocycles. The van der Waals surface area contributed by atoms with Crippen LogP contribution in [-0.4, -0.2) is 26.8 Å². The molecule has 0 aliphatic rings. The number of benzene rings is 2. The van der Waals surface area contributed by atoms with E-state index in [9.17, 15) is 13.2 Å². The zero-order valence-electron chi connectivity index (χ0n) is 13.3. The summed E-state index contributed by atoms with van der Waals surface area (Å²) >= 11 is -2.79. The molecular weight excluding hydrogens is 424 g/mol. The van der Waals surface area contributed by atoms with Crippen molar-refractivity contribution >= 4 is 20.6 Å². The second kappa shape index (κ2) is 10.1. The second-order valence-electron chi connectivity index (χ2n) is 5.39. The van der Waals surface area contributed by atoms with Crippen LogP contribution < -0.4 is 0 Å². The average Bonchev–Trinajstić information content (AvgIpc) is 2.57. The number of alkyl halides is 3. The standard InChI is InChI=1S/2C7H7O.C4H6F3.Sn/c2*8-6-7-4-2-1-3-5-7;1-2-3-4(5,6)7;/h2*1-5H,6H2;1-3H2;/q2*-1;;+2. The first-order chi connectivity index (χ1) is 11.5. The van der Waals surface area contributed by atoms with Gasteiger partial charge in [-0.05, 0) is 0 Å². The van der Waals surface area contributed by atoms with E-state index in [0.717, 1.165) is 11.1 Å². The predicted molar refractivity (Wildman–Crippen MR) is 88.3 cm³/mol. The Morgan fingerprint density at radius 3 is 1.62 bits per heavy atom. The summed E-state index contributed by atoms with van der Waals surface area (Å²) in [6.45, 7) is 0.798. The van der Waals surface area contributed by atoms with Crippen LogP contribution in [0.1, 0.15) is 24.0 Å². The molecule has 0 bridgehead atoms. The van der Waals surface area contributed by atoms with E-state index in [2.05, 4.69) is 0 Å². The fourth-order valence-corrected chi connectivity index (χ4v) is 6.36. The Morgan fingerprint density at radius 1 is 0.750 bits per heavy atom. The third kappa shape index (κ3) is 8.17. The van der Waals surface area contributed by atoms with E-state index in [1.807, 2.05) is 60.7 Å². The molecule has 0 spiro atoms. The summed E-state index contributed by atoms with van der Waals surface area (Å²) in [5, 5.41) is 0. The first-order valence-electron chi connectivity index (χ1n) is 7.79. The first-order valence-corrected chi connectivity index (χ1v) is 12.1. The van der Waals surface area contributed by atoms with Crippen molar-refractivity contribution in [3.63, 3.8) is 0 Å². The molecular formula is C18H20F3O2Sn. The van der Waals surface area contributed by atoms with E-state index in [1.54, 1.807) is 0 Å². The Kier molecular flexibility index (Phi) is 8.08.